The molecule has 20 nitrogen and oxygen atoms in total. The third-order valence-electron chi connectivity index (χ3n) is 10.5. The molecular formula is C43H59N11O9. The van der Waals surface area contributed by atoms with Gasteiger partial charge in [0.15, 0.2) is 0 Å². The van der Waals surface area contributed by atoms with Gasteiger partial charge in [0.1, 0.15) is 42.3 Å². The number of carbonyl (C=O) groups excluding carboxylic acids is 7. The molecular weight excluding hydrogens is 815 g/mol. The number of hydrogen-bond acceptors (Lipinski definition) is 10. The van der Waals surface area contributed by atoms with Crippen LogP contribution in [-0.4, -0.2) is 117 Å². The summed E-state index contributed by atoms with van der Waals surface area (Å²) in [7, 11) is 0. The number of unbranched alkanes of at least 4 members (excludes halogenated alkanes) is 1. The molecule has 4 aromatic rings. The quantitative estimate of drug-likeness (QED) is 0.0421. The van der Waals surface area contributed by atoms with E-state index in [1.807, 2.05) is 48.5 Å². The van der Waals surface area contributed by atoms with Gasteiger partial charge in [-0.1, -0.05) is 42.8 Å². The van der Waals surface area contributed by atoms with Crippen LogP contribution in [0.2, 0.25) is 0 Å². The molecule has 4 rings (SSSR count). The molecule has 0 spiro atoms. The van der Waals surface area contributed by atoms with Gasteiger partial charge in [-0.25, -0.2) is 4.79 Å². The number of aromatic nitrogens is 2. The molecule has 0 saturated heterocycles. The number of amides is 7. The summed E-state index contributed by atoms with van der Waals surface area (Å²) in [5.41, 5.74) is 14.7. The van der Waals surface area contributed by atoms with Crippen molar-refractivity contribution in [2.75, 3.05) is 6.54 Å². The van der Waals surface area contributed by atoms with Crippen LogP contribution in [0.25, 0.3) is 21.8 Å². The van der Waals surface area contributed by atoms with Gasteiger partial charge in [-0.2, -0.15) is 0 Å². The highest BCUT2D eigenvalue weighted by Crippen LogP contribution is 2.20. The molecule has 2 aromatic heterocycles. The van der Waals surface area contributed by atoms with Gasteiger partial charge in [-0.05, 0) is 77.3 Å². The fourth-order valence-corrected chi connectivity index (χ4v) is 6.66. The second kappa shape index (κ2) is 22.9. The number of fused-ring (bicyclic) bond motifs is 2. The summed E-state index contributed by atoms with van der Waals surface area (Å²) >= 11 is 0. The molecule has 0 fully saturated rings. The van der Waals surface area contributed by atoms with Crippen LogP contribution in [0.5, 0.6) is 0 Å². The van der Waals surface area contributed by atoms with E-state index in [2.05, 4.69) is 47.2 Å². The lowest BCUT2D eigenvalue weighted by atomic mass is 10.0. The summed E-state index contributed by atoms with van der Waals surface area (Å²) in [4.78, 5) is 110. The van der Waals surface area contributed by atoms with Gasteiger partial charge >= 0.3 is 5.97 Å². The Bertz CT molecular complexity index is 2270. The second-order valence-corrected chi connectivity index (χ2v) is 15.6. The average Bonchev–Trinajstić information content (AvgIpc) is 3.86. The van der Waals surface area contributed by atoms with Crippen LogP contribution in [0.4, 0.5) is 0 Å². The maximum atomic E-state index is 13.6. The van der Waals surface area contributed by atoms with Crippen LogP contribution in [0.1, 0.15) is 65.0 Å². The lowest BCUT2D eigenvalue weighted by Crippen LogP contribution is -2.58. The average molecular weight is 874 g/mol. The Balaban J connectivity index is 1.25. The van der Waals surface area contributed by atoms with Gasteiger partial charge in [0.2, 0.25) is 41.4 Å². The van der Waals surface area contributed by atoms with Crippen LogP contribution in [-0.2, 0) is 51.2 Å². The number of carbonyl (C=O) groups is 8. The van der Waals surface area contributed by atoms with E-state index in [1.54, 1.807) is 12.4 Å². The Morgan fingerprint density at radius 3 is 1.30 bits per heavy atom. The second-order valence-electron chi connectivity index (χ2n) is 15.6. The van der Waals surface area contributed by atoms with Crippen molar-refractivity contribution in [3.63, 3.8) is 0 Å². The summed E-state index contributed by atoms with van der Waals surface area (Å²) in [5, 5.41) is 29.1. The maximum absolute atomic E-state index is 13.6. The van der Waals surface area contributed by atoms with E-state index in [0.29, 0.717) is 31.4 Å². The van der Waals surface area contributed by atoms with Crippen LogP contribution in [0.15, 0.2) is 60.9 Å². The molecule has 0 unspecified atom stereocenters. The Morgan fingerprint density at radius 2 is 0.889 bits per heavy atom. The van der Waals surface area contributed by atoms with Gasteiger partial charge < -0.3 is 63.8 Å². The Labute approximate surface area is 364 Å². The zero-order valence-corrected chi connectivity index (χ0v) is 36.0. The Morgan fingerprint density at radius 1 is 0.524 bits per heavy atom. The molecule has 8 atom stereocenters. The summed E-state index contributed by atoms with van der Waals surface area (Å²) in [5.74, 6) is -6.20. The van der Waals surface area contributed by atoms with Crippen molar-refractivity contribution in [2.45, 2.75) is 115 Å². The van der Waals surface area contributed by atoms with Crippen molar-refractivity contribution >= 4 is 69.1 Å². The largest absolute Gasteiger partial charge is 0.480 e. The van der Waals surface area contributed by atoms with Crippen molar-refractivity contribution in [1.82, 2.24) is 47.2 Å². The Hall–Kier alpha value is -6.80. The number of aromatic amines is 2. The zero-order chi connectivity index (χ0) is 46.4. The van der Waals surface area contributed by atoms with Gasteiger partial charge in [0, 0.05) is 47.0 Å². The van der Waals surface area contributed by atoms with Crippen LogP contribution >= 0.6 is 0 Å². The Kier molecular flexibility index (Phi) is 17.7. The first kappa shape index (κ1) is 48.9. The number of aliphatic carboxylic acids is 1. The van der Waals surface area contributed by atoms with Crippen molar-refractivity contribution in [1.29, 1.82) is 0 Å². The molecule has 0 aliphatic rings. The van der Waals surface area contributed by atoms with Gasteiger partial charge in [-0.15, -0.1) is 0 Å². The van der Waals surface area contributed by atoms with E-state index in [0.717, 1.165) is 27.4 Å². The predicted molar refractivity (Wildman–Crippen MR) is 234 cm³/mol. The number of carboxylic acid groups (broad SMARTS) is 1. The van der Waals surface area contributed by atoms with E-state index in [9.17, 15) is 43.5 Å². The first-order valence-corrected chi connectivity index (χ1v) is 20.8. The molecule has 0 aliphatic heterocycles. The minimum atomic E-state index is -1.29. The van der Waals surface area contributed by atoms with Crippen molar-refractivity contribution in [3.05, 3.63) is 72.1 Å². The number of para-hydroxylation sites is 2. The van der Waals surface area contributed by atoms with Crippen LogP contribution in [0.3, 0.4) is 0 Å². The zero-order valence-electron chi connectivity index (χ0n) is 36.0. The topological polar surface area (TPSA) is 325 Å². The van der Waals surface area contributed by atoms with Crippen molar-refractivity contribution in [2.24, 2.45) is 11.5 Å². The minimum absolute atomic E-state index is 0.0130. The first-order valence-electron chi connectivity index (χ1n) is 20.8. The molecule has 0 saturated carbocycles. The number of benzene rings is 2. The van der Waals surface area contributed by atoms with Crippen LogP contribution < -0.4 is 48.7 Å². The number of carboxylic acids is 1. The molecule has 20 heteroatoms. The summed E-state index contributed by atoms with van der Waals surface area (Å²) < 4.78 is 0. The van der Waals surface area contributed by atoms with Gasteiger partial charge in [0.25, 0.3) is 0 Å². The maximum Gasteiger partial charge on any atom is 0.326 e. The standard InChI is InChI=1S/C43H59N11O9/c1-22(36(55)49-24(3)38(57)51-26(5)40(59)54-35(43(62)63)19-28-21-47-33-16-9-7-13-30(28)33)48-37(56)23(2)50-39(58)25(4)52-42(61)34(53-41(60)31(45)14-10-11-17-44)18-27-20-46-32-15-8-6-12-29(27)32/h6-9,12-13,15-16,20-26,31,34-35,46-47H,10-11,14,17-19,44-45H2,1-5H3,(H,48,56)(H,49,55)(H,50,58)(H,51,57)(H,52,61)(H,53,60)(H,54,59)(H,62,63)/t22-,23-,24-,25-,26-,31-,34-,35-/m0/s1. The van der Waals surface area contributed by atoms with E-state index in [-0.39, 0.29) is 12.8 Å². The highest BCUT2D eigenvalue weighted by molar-refractivity contribution is 5.97. The first-order chi connectivity index (χ1) is 29.9. The molecule has 340 valence electrons. The third kappa shape index (κ3) is 13.9. The molecule has 0 bridgehead atoms. The molecule has 14 N–H and O–H groups in total. The fourth-order valence-electron chi connectivity index (χ4n) is 6.66. The van der Waals surface area contributed by atoms with Crippen molar-refractivity contribution < 1.29 is 43.5 Å². The third-order valence-corrected chi connectivity index (χ3v) is 10.5. The predicted octanol–water partition coefficient (Wildman–Crippen LogP) is -0.532. The molecule has 0 aliphatic carbocycles. The highest BCUT2D eigenvalue weighted by Gasteiger charge is 2.31. The lowest BCUT2D eigenvalue weighted by Gasteiger charge is -2.24. The smallest absolute Gasteiger partial charge is 0.326 e. The number of H-pyrrole nitrogens is 2. The number of hydrogen-bond donors (Lipinski definition) is 12. The number of nitrogens with one attached hydrogen (secondary N) is 9. The molecule has 2 aromatic carbocycles. The number of rotatable bonds is 23. The lowest BCUT2D eigenvalue weighted by molar-refractivity contribution is -0.142. The van der Waals surface area contributed by atoms with Gasteiger partial charge in [0.05, 0.1) is 6.04 Å². The van der Waals surface area contributed by atoms with E-state index in [1.165, 1.54) is 34.6 Å². The van der Waals surface area contributed by atoms with Gasteiger partial charge in [-0.3, -0.25) is 33.6 Å². The van der Waals surface area contributed by atoms with Crippen LogP contribution in [0, 0.1) is 0 Å². The summed E-state index contributed by atoms with van der Waals surface area (Å²) in [6, 6.07) is 5.62. The van der Waals surface area contributed by atoms with E-state index < -0.39 is 95.7 Å². The molecule has 7 amide bonds. The monoisotopic (exact) mass is 873 g/mol. The molecule has 2 heterocycles. The van der Waals surface area contributed by atoms with E-state index >= 15 is 0 Å². The minimum Gasteiger partial charge on any atom is -0.480 e. The van der Waals surface area contributed by atoms with Crippen molar-refractivity contribution in [3.8, 4) is 0 Å². The SMILES string of the molecule is C[C@H](NC(=O)[C@H](C)NC(=O)[C@H](C)NC(=O)[C@H](Cc1c[nH]c2ccccc12)NC(=O)[C@@H](N)CCCCN)C(=O)N[C@@H](C)C(=O)N[C@@H](C)C(=O)N[C@@H](Cc1c[nH]c2ccccc12)C(=O)O. The summed E-state index contributed by atoms with van der Waals surface area (Å²) in [6.45, 7) is 7.31. The molecule has 63 heavy (non-hydrogen) atoms. The number of nitrogens with two attached hydrogens (primary N) is 2. The molecule has 0 radical (unpaired) electrons. The summed E-state index contributed by atoms with van der Waals surface area (Å²) in [6.07, 6.45) is 5.15. The highest BCUT2D eigenvalue weighted by atomic mass is 16.4. The normalized spacial score (nSPS) is 15.0. The fraction of sp³-hybridized carbons (Fsp3) is 0.442. The van der Waals surface area contributed by atoms with E-state index in [4.69, 9.17) is 11.5 Å².